The van der Waals surface area contributed by atoms with Crippen molar-refractivity contribution in [1.82, 2.24) is 4.98 Å². The number of nitriles is 1. The van der Waals surface area contributed by atoms with Crippen LogP contribution in [0.5, 0.6) is 5.75 Å². The summed E-state index contributed by atoms with van der Waals surface area (Å²) in [4.78, 5) is 4.45. The summed E-state index contributed by atoms with van der Waals surface area (Å²) in [6.07, 6.45) is 7.44. The summed E-state index contributed by atoms with van der Waals surface area (Å²) in [5, 5.41) is 9.64. The first kappa shape index (κ1) is 22.8. The van der Waals surface area contributed by atoms with E-state index in [-0.39, 0.29) is 5.82 Å². The van der Waals surface area contributed by atoms with E-state index in [0.29, 0.717) is 5.56 Å². The highest BCUT2D eigenvalue weighted by molar-refractivity contribution is 9.10. The molecule has 0 aliphatic rings. The van der Waals surface area contributed by atoms with Crippen LogP contribution < -0.4 is 10.5 Å². The number of hydrogen-bond donors (Lipinski definition) is 1. The first-order chi connectivity index (χ1) is 15.1. The number of nitrogens with two attached hydrogens (primary N) is 1. The summed E-state index contributed by atoms with van der Waals surface area (Å²) in [7, 11) is 0. The van der Waals surface area contributed by atoms with E-state index in [2.05, 4.69) is 33.9 Å². The Hall–Kier alpha value is -2.84. The van der Waals surface area contributed by atoms with E-state index in [9.17, 15) is 5.26 Å². The molecular formula is C26H28BrN3O. The molecule has 0 unspecified atom stereocenters. The van der Waals surface area contributed by atoms with Gasteiger partial charge in [0.15, 0.2) is 0 Å². The van der Waals surface area contributed by atoms with E-state index >= 15 is 0 Å². The van der Waals surface area contributed by atoms with Crippen LogP contribution in [0.2, 0.25) is 0 Å². The zero-order chi connectivity index (χ0) is 22.1. The molecule has 0 fully saturated rings. The Labute approximate surface area is 193 Å². The standard InChI is InChI=1S/C26H28BrN3O/c1-2-3-4-5-6-7-15-31-22-13-11-19(12-14-22)23-17-25(30-26(29)24(23)18-28)20-9-8-10-21(27)16-20/h8-14,16-17H,2-7,15H2,1H3,(H2,29,30). The van der Waals surface area contributed by atoms with Gasteiger partial charge in [0.2, 0.25) is 0 Å². The molecule has 0 amide bonds. The third-order valence-electron chi connectivity index (χ3n) is 5.21. The average Bonchev–Trinajstić information content (AvgIpc) is 2.78. The second-order valence-electron chi connectivity index (χ2n) is 7.58. The molecule has 5 heteroatoms. The number of nitrogen functional groups attached to an aromatic ring is 1. The van der Waals surface area contributed by atoms with Crippen LogP contribution in [0.3, 0.4) is 0 Å². The van der Waals surface area contributed by atoms with Crippen molar-refractivity contribution >= 4 is 21.7 Å². The van der Waals surface area contributed by atoms with Gasteiger partial charge in [0, 0.05) is 15.6 Å². The molecule has 2 N–H and O–H groups in total. The van der Waals surface area contributed by atoms with Gasteiger partial charge in [-0.15, -0.1) is 0 Å². The number of hydrogen-bond acceptors (Lipinski definition) is 4. The van der Waals surface area contributed by atoms with Crippen molar-refractivity contribution in [1.29, 1.82) is 5.26 Å². The Morgan fingerprint density at radius 1 is 0.968 bits per heavy atom. The highest BCUT2D eigenvalue weighted by Gasteiger charge is 2.14. The quantitative estimate of drug-likeness (QED) is 0.309. The van der Waals surface area contributed by atoms with Gasteiger partial charge in [-0.1, -0.05) is 79.2 Å². The molecule has 3 rings (SSSR count). The van der Waals surface area contributed by atoms with Crippen molar-refractivity contribution in [3.8, 4) is 34.2 Å². The maximum absolute atomic E-state index is 9.64. The van der Waals surface area contributed by atoms with E-state index in [0.717, 1.165) is 45.6 Å². The van der Waals surface area contributed by atoms with E-state index in [1.54, 1.807) is 0 Å². The highest BCUT2D eigenvalue weighted by Crippen LogP contribution is 2.32. The average molecular weight is 478 g/mol. The second-order valence-corrected chi connectivity index (χ2v) is 8.49. The number of pyridine rings is 1. The van der Waals surface area contributed by atoms with Crippen LogP contribution in [0.1, 0.15) is 51.0 Å². The third kappa shape index (κ3) is 6.32. The lowest BCUT2D eigenvalue weighted by Crippen LogP contribution is -2.00. The van der Waals surface area contributed by atoms with Crippen molar-refractivity contribution < 1.29 is 4.74 Å². The molecule has 0 atom stereocenters. The minimum absolute atomic E-state index is 0.235. The minimum atomic E-state index is 0.235. The summed E-state index contributed by atoms with van der Waals surface area (Å²) < 4.78 is 6.84. The Bertz CT molecular complexity index is 1040. The molecule has 4 nitrogen and oxygen atoms in total. The van der Waals surface area contributed by atoms with Gasteiger partial charge < -0.3 is 10.5 Å². The van der Waals surface area contributed by atoms with Crippen LogP contribution in [-0.4, -0.2) is 11.6 Å². The number of nitrogens with zero attached hydrogens (tertiary/aromatic N) is 2. The number of ether oxygens (including phenoxy) is 1. The number of anilines is 1. The maximum atomic E-state index is 9.64. The lowest BCUT2D eigenvalue weighted by molar-refractivity contribution is 0.304. The van der Waals surface area contributed by atoms with Crippen molar-refractivity contribution in [3.05, 3.63) is 64.6 Å². The summed E-state index contributed by atoms with van der Waals surface area (Å²) >= 11 is 3.49. The van der Waals surface area contributed by atoms with Crippen LogP contribution in [-0.2, 0) is 0 Å². The molecule has 0 aliphatic carbocycles. The number of benzene rings is 2. The molecule has 0 aliphatic heterocycles. The van der Waals surface area contributed by atoms with Crippen molar-refractivity contribution in [2.24, 2.45) is 0 Å². The Kier molecular flexibility index (Phi) is 8.49. The second kappa shape index (κ2) is 11.5. The fourth-order valence-electron chi connectivity index (χ4n) is 3.51. The zero-order valence-corrected chi connectivity index (χ0v) is 19.5. The van der Waals surface area contributed by atoms with Crippen LogP contribution >= 0.6 is 15.9 Å². The van der Waals surface area contributed by atoms with E-state index in [1.807, 2.05) is 54.6 Å². The zero-order valence-electron chi connectivity index (χ0n) is 17.9. The van der Waals surface area contributed by atoms with Gasteiger partial charge in [-0.25, -0.2) is 4.98 Å². The molecule has 0 saturated heterocycles. The molecule has 160 valence electrons. The van der Waals surface area contributed by atoms with Crippen LogP contribution in [0, 0.1) is 11.3 Å². The van der Waals surface area contributed by atoms with E-state index in [4.69, 9.17) is 10.5 Å². The predicted octanol–water partition coefficient (Wildman–Crippen LogP) is 7.37. The number of aromatic nitrogens is 1. The normalized spacial score (nSPS) is 10.6. The molecule has 1 aromatic heterocycles. The van der Waals surface area contributed by atoms with Gasteiger partial charge in [0.05, 0.1) is 12.3 Å². The van der Waals surface area contributed by atoms with E-state index < -0.39 is 0 Å². The van der Waals surface area contributed by atoms with Crippen molar-refractivity contribution in [2.45, 2.75) is 45.4 Å². The van der Waals surface area contributed by atoms with Crippen LogP contribution in [0.4, 0.5) is 5.82 Å². The third-order valence-corrected chi connectivity index (χ3v) is 5.70. The Morgan fingerprint density at radius 2 is 1.71 bits per heavy atom. The van der Waals surface area contributed by atoms with Gasteiger partial charge >= 0.3 is 0 Å². The van der Waals surface area contributed by atoms with Gasteiger partial charge in [0.25, 0.3) is 0 Å². The molecule has 1 heterocycles. The summed E-state index contributed by atoms with van der Waals surface area (Å²) in [6.45, 7) is 2.96. The summed E-state index contributed by atoms with van der Waals surface area (Å²) in [5.74, 6) is 1.07. The Balaban J connectivity index is 1.74. The fourth-order valence-corrected chi connectivity index (χ4v) is 3.91. The smallest absolute Gasteiger partial charge is 0.142 e. The topological polar surface area (TPSA) is 71.9 Å². The van der Waals surface area contributed by atoms with Gasteiger partial charge in [-0.05, 0) is 42.3 Å². The molecule has 0 bridgehead atoms. The Morgan fingerprint density at radius 3 is 2.42 bits per heavy atom. The van der Waals surface area contributed by atoms with Gasteiger partial charge in [-0.3, -0.25) is 0 Å². The SMILES string of the molecule is CCCCCCCCOc1ccc(-c2cc(-c3cccc(Br)c3)nc(N)c2C#N)cc1. The monoisotopic (exact) mass is 477 g/mol. The first-order valence-corrected chi connectivity index (χ1v) is 11.6. The van der Waals surface area contributed by atoms with Gasteiger partial charge in [0.1, 0.15) is 23.2 Å². The molecule has 0 radical (unpaired) electrons. The summed E-state index contributed by atoms with van der Waals surface area (Å²) in [5.41, 5.74) is 9.87. The number of rotatable bonds is 10. The lowest BCUT2D eigenvalue weighted by Gasteiger charge is -2.12. The molecule has 31 heavy (non-hydrogen) atoms. The van der Waals surface area contributed by atoms with Crippen LogP contribution in [0.15, 0.2) is 59.1 Å². The van der Waals surface area contributed by atoms with Crippen molar-refractivity contribution in [2.75, 3.05) is 12.3 Å². The number of halogens is 1. The first-order valence-electron chi connectivity index (χ1n) is 10.8. The van der Waals surface area contributed by atoms with Gasteiger partial charge in [-0.2, -0.15) is 5.26 Å². The van der Waals surface area contributed by atoms with E-state index in [1.165, 1.54) is 32.1 Å². The largest absolute Gasteiger partial charge is 0.494 e. The fraction of sp³-hybridized carbons (Fsp3) is 0.308. The lowest BCUT2D eigenvalue weighted by atomic mass is 9.98. The molecular weight excluding hydrogens is 450 g/mol. The minimum Gasteiger partial charge on any atom is -0.494 e. The van der Waals surface area contributed by atoms with Crippen molar-refractivity contribution in [3.63, 3.8) is 0 Å². The predicted molar refractivity (Wildman–Crippen MR) is 131 cm³/mol. The molecule has 2 aromatic carbocycles. The molecule has 0 saturated carbocycles. The van der Waals surface area contributed by atoms with Crippen LogP contribution in [0.25, 0.3) is 22.4 Å². The highest BCUT2D eigenvalue weighted by atomic mass is 79.9. The molecule has 3 aromatic rings. The summed E-state index contributed by atoms with van der Waals surface area (Å²) in [6, 6.07) is 19.8. The number of unbranched alkanes of at least 4 members (excludes halogenated alkanes) is 5. The maximum Gasteiger partial charge on any atom is 0.142 e. The molecule has 0 spiro atoms.